The van der Waals surface area contributed by atoms with Crippen LogP contribution in [0.3, 0.4) is 0 Å². The average Bonchev–Trinajstić information content (AvgIpc) is 2.74. The Kier molecular flexibility index (Phi) is 5.22. The van der Waals surface area contributed by atoms with Crippen LogP contribution >= 0.6 is 23.6 Å². The fraction of sp³-hybridized carbons (Fsp3) is 0.583. The Morgan fingerprint density at radius 3 is 2.56 bits per heavy atom. The lowest BCUT2D eigenvalue weighted by Crippen LogP contribution is -2.48. The van der Waals surface area contributed by atoms with Gasteiger partial charge in [-0.2, -0.15) is 0 Å². The third kappa shape index (κ3) is 3.05. The fourth-order valence-corrected chi connectivity index (χ4v) is 2.95. The molecule has 1 aromatic heterocycles. The minimum absolute atomic E-state index is 0.104. The van der Waals surface area contributed by atoms with Crippen molar-refractivity contribution in [2.24, 2.45) is 11.1 Å². The number of aromatic nitrogens is 1. The standard InChI is InChI=1S/C12H19N3OS2/c1-4-12(5-2,10(13)17)11(16)15-7-9-14-6-8(3)18-9/h6H,4-5,7H2,1-3H3,(H2,13,17)(H,15,16). The minimum Gasteiger partial charge on any atom is -0.392 e. The first-order chi connectivity index (χ1) is 8.46. The number of aryl methyl sites for hydroxylation is 1. The van der Waals surface area contributed by atoms with Crippen LogP contribution in [0.15, 0.2) is 6.20 Å². The first-order valence-electron chi connectivity index (χ1n) is 5.95. The molecule has 0 bridgehead atoms. The van der Waals surface area contributed by atoms with E-state index in [-0.39, 0.29) is 10.9 Å². The Morgan fingerprint density at radius 2 is 2.17 bits per heavy atom. The van der Waals surface area contributed by atoms with Crippen LogP contribution in [0.5, 0.6) is 0 Å². The van der Waals surface area contributed by atoms with Crippen molar-refractivity contribution >= 4 is 34.5 Å². The van der Waals surface area contributed by atoms with E-state index in [1.165, 1.54) is 0 Å². The van der Waals surface area contributed by atoms with Crippen molar-refractivity contribution in [2.45, 2.75) is 40.2 Å². The second-order valence-corrected chi connectivity index (χ2v) is 5.96. The molecule has 100 valence electrons. The van der Waals surface area contributed by atoms with Crippen LogP contribution in [0.4, 0.5) is 0 Å². The van der Waals surface area contributed by atoms with E-state index in [0.717, 1.165) is 9.88 Å². The number of nitrogens with zero attached hydrogens (tertiary/aromatic N) is 1. The SMILES string of the molecule is CCC(CC)(C(=O)NCc1ncc(C)s1)C(N)=S. The van der Waals surface area contributed by atoms with Crippen molar-refractivity contribution in [3.05, 3.63) is 16.1 Å². The zero-order chi connectivity index (χ0) is 13.8. The normalized spacial score (nSPS) is 11.3. The maximum Gasteiger partial charge on any atom is 0.233 e. The van der Waals surface area contributed by atoms with Gasteiger partial charge in [0.25, 0.3) is 0 Å². The van der Waals surface area contributed by atoms with Gasteiger partial charge >= 0.3 is 0 Å². The summed E-state index contributed by atoms with van der Waals surface area (Å²) in [6, 6.07) is 0. The van der Waals surface area contributed by atoms with Gasteiger partial charge in [-0.15, -0.1) is 11.3 Å². The van der Waals surface area contributed by atoms with Crippen LogP contribution in [0, 0.1) is 12.3 Å². The highest BCUT2D eigenvalue weighted by atomic mass is 32.1. The Bertz CT molecular complexity index is 438. The molecule has 0 aliphatic heterocycles. The van der Waals surface area contributed by atoms with E-state index < -0.39 is 5.41 Å². The van der Waals surface area contributed by atoms with Gasteiger partial charge in [-0.05, 0) is 19.8 Å². The maximum atomic E-state index is 12.2. The number of amides is 1. The van der Waals surface area contributed by atoms with E-state index in [1.54, 1.807) is 17.5 Å². The Balaban J connectivity index is 2.71. The second-order valence-electron chi connectivity index (χ2n) is 4.20. The highest BCUT2D eigenvalue weighted by Crippen LogP contribution is 2.27. The summed E-state index contributed by atoms with van der Waals surface area (Å²) in [5.41, 5.74) is 4.99. The molecule has 3 N–H and O–H groups in total. The van der Waals surface area contributed by atoms with Crippen LogP contribution in [-0.2, 0) is 11.3 Å². The van der Waals surface area contributed by atoms with Gasteiger partial charge in [0.05, 0.1) is 16.9 Å². The van der Waals surface area contributed by atoms with Gasteiger partial charge in [-0.1, -0.05) is 26.1 Å². The van der Waals surface area contributed by atoms with Gasteiger partial charge in [-0.3, -0.25) is 4.79 Å². The molecule has 0 saturated carbocycles. The predicted octanol–water partition coefficient (Wildman–Crippen LogP) is 2.16. The third-order valence-corrected chi connectivity index (χ3v) is 4.49. The van der Waals surface area contributed by atoms with E-state index in [2.05, 4.69) is 10.3 Å². The highest BCUT2D eigenvalue weighted by molar-refractivity contribution is 7.80. The first-order valence-corrected chi connectivity index (χ1v) is 7.18. The zero-order valence-corrected chi connectivity index (χ0v) is 12.6. The zero-order valence-electron chi connectivity index (χ0n) is 10.9. The molecular formula is C12H19N3OS2. The van der Waals surface area contributed by atoms with E-state index in [0.29, 0.717) is 19.4 Å². The molecular weight excluding hydrogens is 266 g/mol. The van der Waals surface area contributed by atoms with Crippen molar-refractivity contribution in [3.8, 4) is 0 Å². The number of carbonyl (C=O) groups excluding carboxylic acids is 1. The summed E-state index contributed by atoms with van der Waals surface area (Å²) in [4.78, 5) is 17.8. The molecule has 4 nitrogen and oxygen atoms in total. The summed E-state index contributed by atoms with van der Waals surface area (Å²) < 4.78 is 0. The lowest BCUT2D eigenvalue weighted by molar-refractivity contribution is -0.128. The van der Waals surface area contributed by atoms with Crippen molar-refractivity contribution in [1.29, 1.82) is 0 Å². The lowest BCUT2D eigenvalue weighted by Gasteiger charge is -2.28. The number of rotatable bonds is 6. The van der Waals surface area contributed by atoms with E-state index in [9.17, 15) is 4.79 Å². The van der Waals surface area contributed by atoms with Gasteiger partial charge in [-0.25, -0.2) is 4.98 Å². The Morgan fingerprint density at radius 1 is 1.56 bits per heavy atom. The van der Waals surface area contributed by atoms with Gasteiger partial charge in [0.2, 0.25) is 5.91 Å². The Hall–Kier alpha value is -1.01. The summed E-state index contributed by atoms with van der Waals surface area (Å²) in [5, 5.41) is 3.77. The molecule has 1 aromatic rings. The maximum absolute atomic E-state index is 12.2. The van der Waals surface area contributed by atoms with Crippen molar-refractivity contribution < 1.29 is 4.79 Å². The van der Waals surface area contributed by atoms with Crippen LogP contribution in [-0.4, -0.2) is 15.9 Å². The highest BCUT2D eigenvalue weighted by Gasteiger charge is 2.37. The molecule has 0 aliphatic carbocycles. The third-order valence-electron chi connectivity index (χ3n) is 3.18. The molecule has 0 atom stereocenters. The number of hydrogen-bond acceptors (Lipinski definition) is 4. The fourth-order valence-electron chi connectivity index (χ4n) is 1.84. The van der Waals surface area contributed by atoms with Crippen molar-refractivity contribution in [3.63, 3.8) is 0 Å². The van der Waals surface area contributed by atoms with Gasteiger partial charge in [0.15, 0.2) is 0 Å². The number of hydrogen-bond donors (Lipinski definition) is 2. The molecule has 0 radical (unpaired) electrons. The lowest BCUT2D eigenvalue weighted by atomic mass is 9.81. The minimum atomic E-state index is -0.734. The van der Waals surface area contributed by atoms with Gasteiger partial charge in [0.1, 0.15) is 5.01 Å². The van der Waals surface area contributed by atoms with Gasteiger partial charge < -0.3 is 11.1 Å². The molecule has 0 fully saturated rings. The van der Waals surface area contributed by atoms with Crippen molar-refractivity contribution in [1.82, 2.24) is 10.3 Å². The molecule has 0 saturated heterocycles. The molecule has 1 amide bonds. The summed E-state index contributed by atoms with van der Waals surface area (Å²) >= 11 is 6.62. The second kappa shape index (κ2) is 6.24. The van der Waals surface area contributed by atoms with Crippen LogP contribution in [0.2, 0.25) is 0 Å². The van der Waals surface area contributed by atoms with Crippen LogP contribution in [0.1, 0.15) is 36.6 Å². The molecule has 1 rings (SSSR count). The Labute approximate surface area is 117 Å². The number of nitrogens with one attached hydrogen (secondary N) is 1. The van der Waals surface area contributed by atoms with Crippen LogP contribution < -0.4 is 11.1 Å². The summed E-state index contributed by atoms with van der Waals surface area (Å²) in [6.07, 6.45) is 3.02. The molecule has 0 unspecified atom stereocenters. The summed E-state index contributed by atoms with van der Waals surface area (Å²) in [7, 11) is 0. The topological polar surface area (TPSA) is 68.0 Å². The summed E-state index contributed by atoms with van der Waals surface area (Å²) in [6.45, 7) is 6.27. The van der Waals surface area contributed by atoms with E-state index >= 15 is 0 Å². The molecule has 0 aromatic carbocycles. The first kappa shape index (κ1) is 15.0. The molecule has 1 heterocycles. The average molecular weight is 285 g/mol. The predicted molar refractivity (Wildman–Crippen MR) is 78.5 cm³/mol. The number of nitrogens with two attached hydrogens (primary N) is 1. The van der Waals surface area contributed by atoms with E-state index in [1.807, 2.05) is 20.8 Å². The van der Waals surface area contributed by atoms with Gasteiger partial charge in [0, 0.05) is 11.1 Å². The summed E-state index contributed by atoms with van der Waals surface area (Å²) in [5.74, 6) is -0.104. The largest absolute Gasteiger partial charge is 0.392 e. The van der Waals surface area contributed by atoms with E-state index in [4.69, 9.17) is 18.0 Å². The quantitative estimate of drug-likeness (QED) is 0.786. The molecule has 6 heteroatoms. The number of thiocarbonyl (C=S) groups is 1. The smallest absolute Gasteiger partial charge is 0.233 e. The monoisotopic (exact) mass is 285 g/mol. The molecule has 0 aliphatic rings. The van der Waals surface area contributed by atoms with Crippen molar-refractivity contribution in [2.75, 3.05) is 0 Å². The number of carbonyl (C=O) groups is 1. The molecule has 0 spiro atoms. The molecule has 18 heavy (non-hydrogen) atoms. The number of thiazole rings is 1. The van der Waals surface area contributed by atoms with Crippen LogP contribution in [0.25, 0.3) is 0 Å².